The van der Waals surface area contributed by atoms with Crippen molar-refractivity contribution in [2.24, 2.45) is 51.0 Å². The number of carbonyl (C=O) groups excluding carboxylic acids is 1. The summed E-state index contributed by atoms with van der Waals surface area (Å²) < 4.78 is 0. The lowest BCUT2D eigenvalue weighted by Gasteiger charge is -2.57. The average Bonchev–Trinajstić information content (AvgIpc) is 3.32. The maximum Gasteiger partial charge on any atom is 0.315 e. The lowest BCUT2D eigenvalue weighted by atomic mass is 9.43. The Labute approximate surface area is 185 Å². The molecule has 7 atom stereocenters. The summed E-state index contributed by atoms with van der Waals surface area (Å²) in [6.07, 6.45) is 14.4. The summed E-state index contributed by atoms with van der Waals surface area (Å²) in [5.74, 6) is 0.350. The van der Waals surface area contributed by atoms with Gasteiger partial charge in [-0.15, -0.1) is 0 Å². The van der Waals surface area contributed by atoms with Gasteiger partial charge in [0.15, 0.2) is 0 Å². The van der Waals surface area contributed by atoms with Crippen LogP contribution in [0.25, 0.3) is 0 Å². The molecule has 4 bridgehead atoms. The largest absolute Gasteiger partial charge is 0.481 e. The van der Waals surface area contributed by atoms with E-state index in [1.54, 1.807) is 0 Å². The number of allylic oxidation sites excluding steroid dienone is 1. The van der Waals surface area contributed by atoms with Crippen LogP contribution in [0.3, 0.4) is 0 Å². The smallest absolute Gasteiger partial charge is 0.315 e. The summed E-state index contributed by atoms with van der Waals surface area (Å²) in [5.41, 5.74) is -1.73. The van der Waals surface area contributed by atoms with Gasteiger partial charge < -0.3 is 14.7 Å². The second-order valence-corrected chi connectivity index (χ2v) is 11.5. The van der Waals surface area contributed by atoms with E-state index < -0.39 is 22.2 Å². The zero-order valence-corrected chi connectivity index (χ0v) is 19.2. The first-order valence-corrected chi connectivity index (χ1v) is 12.5. The van der Waals surface area contributed by atoms with Crippen molar-refractivity contribution in [2.45, 2.75) is 84.7 Å². The molecule has 31 heavy (non-hydrogen) atoms. The van der Waals surface area contributed by atoms with Gasteiger partial charge in [-0.25, -0.2) is 0 Å². The molecule has 4 saturated carbocycles. The van der Waals surface area contributed by atoms with E-state index in [1.807, 2.05) is 6.21 Å². The molecule has 0 radical (unpaired) electrons. The predicted octanol–water partition coefficient (Wildman–Crippen LogP) is 5.25. The number of carboxylic acid groups (broad SMARTS) is 1. The Morgan fingerprint density at radius 2 is 1.90 bits per heavy atom. The van der Waals surface area contributed by atoms with E-state index in [0.29, 0.717) is 18.3 Å². The quantitative estimate of drug-likeness (QED) is 0.272. The molecule has 5 rings (SSSR count). The summed E-state index contributed by atoms with van der Waals surface area (Å²) >= 11 is 0. The maximum absolute atomic E-state index is 13.3. The van der Waals surface area contributed by atoms with Gasteiger partial charge in [0.1, 0.15) is 17.8 Å². The number of hydrogen-bond acceptors (Lipinski definition) is 4. The maximum atomic E-state index is 13.3. The van der Waals surface area contributed by atoms with Crippen LogP contribution in [0.1, 0.15) is 78.6 Å². The van der Waals surface area contributed by atoms with Crippen molar-refractivity contribution >= 4 is 18.5 Å². The van der Waals surface area contributed by atoms with Gasteiger partial charge in [0.2, 0.25) is 0 Å². The van der Waals surface area contributed by atoms with Crippen LogP contribution >= 0.6 is 0 Å². The number of carbonyl (C=O) groups is 2. The van der Waals surface area contributed by atoms with Gasteiger partial charge in [0.25, 0.3) is 0 Å². The Hall–Kier alpha value is -1.65. The lowest BCUT2D eigenvalue weighted by Crippen LogP contribution is -2.63. The molecule has 0 aromatic carbocycles. The minimum atomic E-state index is -1.19. The fraction of sp³-hybridized carbons (Fsp3) is 0.808. The third-order valence-electron chi connectivity index (χ3n) is 10.0. The van der Waals surface area contributed by atoms with Crippen LogP contribution in [-0.4, -0.2) is 29.7 Å². The van der Waals surface area contributed by atoms with Gasteiger partial charge in [-0.05, 0) is 74.5 Å². The standard InChI is InChI=1S/C26H37NO4/c1-16(2)22-11-18-12-25(15-28)21-10-9-17(3)20(21)13-24(18,26(22,25)23(29)30)14-27-31-19-7-5-4-6-8-19/h11,14-21H,4-10,12-13H2,1-3H3,(H,29,30)/b27-14+/t17-,18?,20-,21-,24?,25+,26-/m1/s1. The Morgan fingerprint density at radius 3 is 2.55 bits per heavy atom. The number of fused-ring (bicyclic) bond motifs is 2. The molecule has 5 aliphatic carbocycles. The van der Waals surface area contributed by atoms with Crippen molar-refractivity contribution in [2.75, 3.05) is 0 Å². The molecule has 5 nitrogen and oxygen atoms in total. The van der Waals surface area contributed by atoms with Crippen molar-refractivity contribution in [1.82, 2.24) is 0 Å². The fourth-order valence-corrected chi connectivity index (χ4v) is 8.87. The monoisotopic (exact) mass is 427 g/mol. The number of aldehydes is 1. The van der Waals surface area contributed by atoms with Crippen LogP contribution in [0.4, 0.5) is 0 Å². The average molecular weight is 428 g/mol. The Morgan fingerprint density at radius 1 is 1.16 bits per heavy atom. The number of aliphatic carboxylic acids is 1. The molecule has 0 heterocycles. The summed E-state index contributed by atoms with van der Waals surface area (Å²) in [4.78, 5) is 32.2. The molecule has 2 unspecified atom stereocenters. The molecule has 0 spiro atoms. The summed E-state index contributed by atoms with van der Waals surface area (Å²) in [6.45, 7) is 6.43. The number of carboxylic acids is 1. The van der Waals surface area contributed by atoms with Crippen molar-refractivity contribution in [3.63, 3.8) is 0 Å². The molecule has 1 N–H and O–H groups in total. The van der Waals surface area contributed by atoms with Crippen molar-refractivity contribution in [3.8, 4) is 0 Å². The minimum absolute atomic E-state index is 0.0442. The van der Waals surface area contributed by atoms with E-state index in [4.69, 9.17) is 4.84 Å². The van der Waals surface area contributed by atoms with Crippen molar-refractivity contribution in [3.05, 3.63) is 11.6 Å². The molecular formula is C26H37NO4. The van der Waals surface area contributed by atoms with E-state index >= 15 is 0 Å². The number of hydrogen-bond donors (Lipinski definition) is 1. The van der Waals surface area contributed by atoms with Gasteiger partial charge >= 0.3 is 5.97 Å². The molecule has 5 aliphatic rings. The molecule has 0 amide bonds. The first-order valence-electron chi connectivity index (χ1n) is 12.5. The van der Waals surface area contributed by atoms with Crippen LogP contribution in [0, 0.1) is 45.8 Å². The number of rotatable bonds is 6. The van der Waals surface area contributed by atoms with Crippen molar-refractivity contribution < 1.29 is 19.5 Å². The molecule has 0 saturated heterocycles. The third-order valence-corrected chi connectivity index (χ3v) is 10.0. The third kappa shape index (κ3) is 2.47. The molecular weight excluding hydrogens is 390 g/mol. The highest BCUT2D eigenvalue weighted by Gasteiger charge is 2.84. The molecule has 0 aromatic rings. The highest BCUT2D eigenvalue weighted by Crippen LogP contribution is 2.82. The molecule has 5 heteroatoms. The zero-order valence-electron chi connectivity index (χ0n) is 19.2. The van der Waals surface area contributed by atoms with Crippen LogP contribution in [0.5, 0.6) is 0 Å². The number of oxime groups is 1. The second-order valence-electron chi connectivity index (χ2n) is 11.5. The molecule has 0 aliphatic heterocycles. The minimum Gasteiger partial charge on any atom is -0.481 e. The number of nitrogens with zero attached hydrogens (tertiary/aromatic N) is 1. The van der Waals surface area contributed by atoms with Gasteiger partial charge in [-0.2, -0.15) is 0 Å². The normalized spacial score (nSPS) is 46.4. The highest BCUT2D eigenvalue weighted by molar-refractivity contribution is 5.96. The van der Waals surface area contributed by atoms with E-state index in [1.165, 1.54) is 19.3 Å². The van der Waals surface area contributed by atoms with E-state index in [9.17, 15) is 14.7 Å². The zero-order chi connectivity index (χ0) is 22.0. The van der Waals surface area contributed by atoms with Crippen LogP contribution < -0.4 is 0 Å². The Kier molecular flexibility index (Phi) is 4.91. The summed E-state index contributed by atoms with van der Waals surface area (Å²) in [6, 6.07) is 0. The van der Waals surface area contributed by atoms with Crippen LogP contribution in [-0.2, 0) is 14.4 Å². The SMILES string of the molecule is CC(C)C1=CC2C[C@]3(C=O)[C@@H]4CC[C@@H](C)[C@H]4CC2(/C=N/OC2CCCCC2)[C@]13C(=O)O. The summed E-state index contributed by atoms with van der Waals surface area (Å²) in [7, 11) is 0. The van der Waals surface area contributed by atoms with Crippen LogP contribution in [0.2, 0.25) is 0 Å². The van der Waals surface area contributed by atoms with Gasteiger partial charge in [0, 0.05) is 5.41 Å². The molecule has 4 fully saturated rings. The van der Waals surface area contributed by atoms with Gasteiger partial charge in [-0.1, -0.05) is 50.4 Å². The summed E-state index contributed by atoms with van der Waals surface area (Å²) in [5, 5.41) is 15.4. The van der Waals surface area contributed by atoms with Gasteiger partial charge in [-0.3, -0.25) is 4.79 Å². The van der Waals surface area contributed by atoms with E-state index in [-0.39, 0.29) is 23.9 Å². The Balaban J connectivity index is 1.63. The van der Waals surface area contributed by atoms with Gasteiger partial charge in [0.05, 0.1) is 11.6 Å². The van der Waals surface area contributed by atoms with Crippen molar-refractivity contribution in [1.29, 1.82) is 0 Å². The Bertz CT molecular complexity index is 827. The topological polar surface area (TPSA) is 76.0 Å². The predicted molar refractivity (Wildman–Crippen MR) is 118 cm³/mol. The first-order chi connectivity index (χ1) is 14.8. The fourth-order valence-electron chi connectivity index (χ4n) is 8.87. The lowest BCUT2D eigenvalue weighted by molar-refractivity contribution is -0.173. The van der Waals surface area contributed by atoms with Crippen LogP contribution in [0.15, 0.2) is 16.8 Å². The highest BCUT2D eigenvalue weighted by atomic mass is 16.6. The van der Waals surface area contributed by atoms with E-state index in [0.717, 1.165) is 44.0 Å². The molecule has 170 valence electrons. The first kappa shape index (κ1) is 21.2. The second kappa shape index (κ2) is 7.18. The van der Waals surface area contributed by atoms with E-state index in [2.05, 4.69) is 32.0 Å². The molecule has 0 aromatic heterocycles.